The van der Waals surface area contributed by atoms with Gasteiger partial charge in [-0.1, -0.05) is 42.0 Å². The summed E-state index contributed by atoms with van der Waals surface area (Å²) in [5.74, 6) is -0.129. The molecule has 7 heteroatoms. The molecule has 2 aromatic heterocycles. The number of anilines is 1. The van der Waals surface area contributed by atoms with Gasteiger partial charge in [0.2, 0.25) is 5.91 Å². The lowest BCUT2D eigenvalue weighted by molar-refractivity contribution is -0.117. The molecule has 0 radical (unpaired) electrons. The summed E-state index contributed by atoms with van der Waals surface area (Å²) in [5, 5.41) is 2.47. The van der Waals surface area contributed by atoms with Crippen molar-refractivity contribution in [2.45, 2.75) is 26.3 Å². The third-order valence-electron chi connectivity index (χ3n) is 5.79. The molecular weight excluding hydrogens is 422 g/mol. The predicted molar refractivity (Wildman–Crippen MR) is 126 cm³/mol. The van der Waals surface area contributed by atoms with Crippen LogP contribution in [-0.4, -0.2) is 27.8 Å². The Hall–Kier alpha value is -3.58. The summed E-state index contributed by atoms with van der Waals surface area (Å²) in [6.07, 6.45) is 2.79. The first-order valence-electron chi connectivity index (χ1n) is 10.5. The van der Waals surface area contributed by atoms with E-state index in [2.05, 4.69) is 4.98 Å². The monoisotopic (exact) mass is 443 g/mol. The molecule has 0 unspecified atom stereocenters. The van der Waals surface area contributed by atoms with E-state index in [1.165, 1.54) is 22.2 Å². The molecule has 4 aromatic rings. The minimum atomic E-state index is -0.231. The van der Waals surface area contributed by atoms with Crippen molar-refractivity contribution in [1.82, 2.24) is 9.55 Å². The van der Waals surface area contributed by atoms with Gasteiger partial charge in [-0.3, -0.25) is 19.0 Å². The Morgan fingerprint density at radius 2 is 1.94 bits per heavy atom. The number of hydrogen-bond acceptors (Lipinski definition) is 5. The van der Waals surface area contributed by atoms with E-state index in [9.17, 15) is 14.4 Å². The molecule has 0 saturated carbocycles. The maximum Gasteiger partial charge on any atom is 0.263 e. The summed E-state index contributed by atoms with van der Waals surface area (Å²) in [6.45, 7) is 2.57. The van der Waals surface area contributed by atoms with Crippen LogP contribution >= 0.6 is 11.3 Å². The molecule has 1 fully saturated rings. The molecule has 0 atom stereocenters. The van der Waals surface area contributed by atoms with Gasteiger partial charge < -0.3 is 4.90 Å². The van der Waals surface area contributed by atoms with E-state index in [4.69, 9.17) is 0 Å². The van der Waals surface area contributed by atoms with Crippen LogP contribution in [0, 0.1) is 6.92 Å². The van der Waals surface area contributed by atoms with Gasteiger partial charge in [0, 0.05) is 35.2 Å². The van der Waals surface area contributed by atoms with E-state index in [1.807, 2.05) is 42.6 Å². The zero-order chi connectivity index (χ0) is 22.2. The Labute approximate surface area is 188 Å². The number of thiophene rings is 1. The number of carbonyl (C=O) groups excluding carboxylic acids is 2. The van der Waals surface area contributed by atoms with Crippen LogP contribution in [0.5, 0.6) is 0 Å². The second-order valence-electron chi connectivity index (χ2n) is 8.00. The van der Waals surface area contributed by atoms with Crippen molar-refractivity contribution < 1.29 is 9.59 Å². The van der Waals surface area contributed by atoms with E-state index < -0.39 is 0 Å². The first-order valence-corrected chi connectivity index (χ1v) is 11.4. The van der Waals surface area contributed by atoms with Gasteiger partial charge in [-0.2, -0.15) is 0 Å². The van der Waals surface area contributed by atoms with Crippen molar-refractivity contribution in [2.24, 2.45) is 0 Å². The molecule has 160 valence electrons. The number of hydrogen-bond donors (Lipinski definition) is 0. The summed E-state index contributed by atoms with van der Waals surface area (Å²) < 4.78 is 1.36. The van der Waals surface area contributed by atoms with Crippen LogP contribution in [0.4, 0.5) is 5.69 Å². The van der Waals surface area contributed by atoms with Gasteiger partial charge >= 0.3 is 0 Å². The first kappa shape index (κ1) is 20.3. The second kappa shape index (κ2) is 8.16. The quantitative estimate of drug-likeness (QED) is 0.428. The summed E-state index contributed by atoms with van der Waals surface area (Å²) in [4.78, 5) is 45.1. The van der Waals surface area contributed by atoms with Crippen LogP contribution in [0.3, 0.4) is 0 Å². The van der Waals surface area contributed by atoms with E-state index in [0.717, 1.165) is 28.8 Å². The molecule has 1 amide bonds. The van der Waals surface area contributed by atoms with E-state index in [0.29, 0.717) is 28.7 Å². The molecule has 1 aliphatic rings. The maximum atomic E-state index is 13.3. The van der Waals surface area contributed by atoms with Gasteiger partial charge in [0.05, 0.1) is 18.3 Å². The Bertz CT molecular complexity index is 1400. The molecule has 3 heterocycles. The Balaban J connectivity index is 1.47. The molecule has 1 aliphatic heterocycles. The highest BCUT2D eigenvalue weighted by atomic mass is 32.1. The van der Waals surface area contributed by atoms with Crippen LogP contribution in [0.25, 0.3) is 21.3 Å². The number of rotatable bonds is 5. The molecule has 6 nitrogen and oxygen atoms in total. The van der Waals surface area contributed by atoms with Crippen molar-refractivity contribution in [3.8, 4) is 11.1 Å². The van der Waals surface area contributed by atoms with Crippen LogP contribution in [0.1, 0.15) is 28.8 Å². The Morgan fingerprint density at radius 3 is 2.69 bits per heavy atom. The number of carbonyl (C=O) groups is 2. The standard InChI is InChI=1S/C25H21N3O3S/c1-16-7-9-17(10-8-16)20-14-32-24-23(20)25(31)27(15-26-24)13-21(29)18-4-2-5-19(12-18)28-11-3-6-22(28)30/h2,4-5,7-10,12,14-15H,3,6,11,13H2,1H3. The Kier molecular flexibility index (Phi) is 5.19. The summed E-state index contributed by atoms with van der Waals surface area (Å²) in [6, 6.07) is 15.0. The van der Waals surface area contributed by atoms with Crippen molar-refractivity contribution in [3.05, 3.63) is 81.7 Å². The number of nitrogens with zero attached hydrogens (tertiary/aromatic N) is 3. The SMILES string of the molecule is Cc1ccc(-c2csc3ncn(CC(=O)c4cccc(N5CCCC5=O)c4)c(=O)c23)cc1. The minimum Gasteiger partial charge on any atom is -0.312 e. The fourth-order valence-corrected chi connectivity index (χ4v) is 4.95. The van der Waals surface area contributed by atoms with Crippen LogP contribution in [-0.2, 0) is 11.3 Å². The largest absolute Gasteiger partial charge is 0.312 e. The molecule has 5 rings (SSSR count). The smallest absolute Gasteiger partial charge is 0.263 e. The maximum absolute atomic E-state index is 13.3. The first-order chi connectivity index (χ1) is 15.5. The van der Waals surface area contributed by atoms with Crippen LogP contribution in [0.2, 0.25) is 0 Å². The molecule has 0 aliphatic carbocycles. The molecule has 32 heavy (non-hydrogen) atoms. The summed E-state index contributed by atoms with van der Waals surface area (Å²) >= 11 is 1.42. The normalized spacial score (nSPS) is 13.8. The van der Waals surface area contributed by atoms with Gasteiger partial charge in [-0.25, -0.2) is 4.98 Å². The van der Waals surface area contributed by atoms with Crippen molar-refractivity contribution in [3.63, 3.8) is 0 Å². The van der Waals surface area contributed by atoms with Gasteiger partial charge in [0.25, 0.3) is 5.56 Å². The lowest BCUT2D eigenvalue weighted by atomic mass is 10.0. The molecular formula is C25H21N3O3S. The minimum absolute atomic E-state index is 0.0709. The van der Waals surface area contributed by atoms with Crippen molar-refractivity contribution in [1.29, 1.82) is 0 Å². The fraction of sp³-hybridized carbons (Fsp3) is 0.200. The molecule has 1 saturated heterocycles. The van der Waals surface area contributed by atoms with E-state index in [-0.39, 0.29) is 23.8 Å². The number of aryl methyl sites for hydroxylation is 1. The molecule has 0 bridgehead atoms. The van der Waals surface area contributed by atoms with Crippen LogP contribution < -0.4 is 10.5 Å². The van der Waals surface area contributed by atoms with Gasteiger partial charge in [0.15, 0.2) is 5.78 Å². The average molecular weight is 444 g/mol. The van der Waals surface area contributed by atoms with Gasteiger partial charge in [-0.15, -0.1) is 11.3 Å². The van der Waals surface area contributed by atoms with E-state index >= 15 is 0 Å². The van der Waals surface area contributed by atoms with Gasteiger partial charge in [0.1, 0.15) is 4.83 Å². The lowest BCUT2D eigenvalue weighted by Crippen LogP contribution is -2.25. The van der Waals surface area contributed by atoms with Gasteiger partial charge in [-0.05, 0) is 31.0 Å². The highest BCUT2D eigenvalue weighted by molar-refractivity contribution is 7.17. The zero-order valence-electron chi connectivity index (χ0n) is 17.6. The summed E-state index contributed by atoms with van der Waals surface area (Å²) in [5.41, 5.74) is 3.89. The van der Waals surface area contributed by atoms with Crippen molar-refractivity contribution >= 4 is 38.9 Å². The number of fused-ring (bicyclic) bond motifs is 1. The average Bonchev–Trinajstić information content (AvgIpc) is 3.43. The number of amides is 1. The third kappa shape index (κ3) is 3.65. The molecule has 0 N–H and O–H groups in total. The second-order valence-corrected chi connectivity index (χ2v) is 8.85. The topological polar surface area (TPSA) is 72.3 Å². The lowest BCUT2D eigenvalue weighted by Gasteiger charge is -2.16. The molecule has 0 spiro atoms. The van der Waals surface area contributed by atoms with Crippen LogP contribution in [0.15, 0.2) is 65.0 Å². The summed E-state index contributed by atoms with van der Waals surface area (Å²) in [7, 11) is 0. The number of ketones is 1. The Morgan fingerprint density at radius 1 is 1.12 bits per heavy atom. The third-order valence-corrected chi connectivity index (χ3v) is 6.68. The highest BCUT2D eigenvalue weighted by Crippen LogP contribution is 2.30. The van der Waals surface area contributed by atoms with E-state index in [1.54, 1.807) is 23.1 Å². The number of Topliss-reactive ketones (excluding diaryl/α,β-unsaturated/α-hetero) is 1. The predicted octanol–water partition coefficient (Wildman–Crippen LogP) is 4.44. The molecule has 2 aromatic carbocycles. The fourth-order valence-electron chi connectivity index (χ4n) is 4.04. The zero-order valence-corrected chi connectivity index (χ0v) is 18.4. The number of aromatic nitrogens is 2. The van der Waals surface area contributed by atoms with Crippen molar-refractivity contribution in [2.75, 3.05) is 11.4 Å². The number of benzene rings is 2. The highest BCUT2D eigenvalue weighted by Gasteiger charge is 2.22.